The zero-order chi connectivity index (χ0) is 6.10. The number of nitrogens with one attached hydrogen (secondary N) is 1. The van der Waals surface area contributed by atoms with Gasteiger partial charge in [-0.15, -0.1) is 0 Å². The van der Waals surface area contributed by atoms with Crippen LogP contribution in [0, 0.1) is 0 Å². The van der Waals surface area contributed by atoms with Crippen molar-refractivity contribution in [1.29, 1.82) is 0 Å². The molecule has 48 valence electrons. The van der Waals surface area contributed by atoms with Gasteiger partial charge in [-0.1, -0.05) is 24.3 Å². The average molecular weight is 121 g/mol. The predicted octanol–water partition coefficient (Wildman–Crippen LogP) is 1.23. The maximum Gasteiger partial charge on any atom is 0.0437 e. The van der Waals surface area contributed by atoms with Crippen molar-refractivity contribution in [2.45, 2.75) is 24.9 Å². The van der Waals surface area contributed by atoms with Gasteiger partial charge < -0.3 is 5.32 Å². The first-order valence-corrected chi connectivity index (χ1v) is 3.54. The standard InChI is InChI=1S/C8H11N/c1-3-7-5-2-6-8(4-1)9-7/h1-3,5,7-9H,4,6H2. The van der Waals surface area contributed by atoms with Gasteiger partial charge in [0.05, 0.1) is 0 Å². The summed E-state index contributed by atoms with van der Waals surface area (Å²) >= 11 is 0. The summed E-state index contributed by atoms with van der Waals surface area (Å²) in [5, 5.41) is 3.48. The second-order valence-corrected chi connectivity index (χ2v) is 2.72. The molecule has 0 aromatic heterocycles. The molecule has 2 rings (SSSR count). The normalized spacial score (nSPS) is 39.1. The molecule has 0 radical (unpaired) electrons. The monoisotopic (exact) mass is 121 g/mol. The van der Waals surface area contributed by atoms with Crippen LogP contribution in [0.3, 0.4) is 0 Å². The summed E-state index contributed by atoms with van der Waals surface area (Å²) in [5.41, 5.74) is 0. The van der Waals surface area contributed by atoms with E-state index in [0.29, 0.717) is 6.04 Å². The third kappa shape index (κ3) is 0.924. The molecule has 0 saturated heterocycles. The fourth-order valence-corrected chi connectivity index (χ4v) is 1.46. The lowest BCUT2D eigenvalue weighted by molar-refractivity contribution is 0.473. The lowest BCUT2D eigenvalue weighted by Gasteiger charge is -2.27. The maximum atomic E-state index is 3.48. The Balaban J connectivity index is 2.21. The number of hydrogen-bond donors (Lipinski definition) is 1. The topological polar surface area (TPSA) is 12.0 Å². The van der Waals surface area contributed by atoms with Gasteiger partial charge in [-0.2, -0.15) is 0 Å². The second-order valence-electron chi connectivity index (χ2n) is 2.72. The van der Waals surface area contributed by atoms with E-state index in [4.69, 9.17) is 0 Å². The van der Waals surface area contributed by atoms with E-state index in [1.807, 2.05) is 0 Å². The van der Waals surface area contributed by atoms with Gasteiger partial charge in [0.15, 0.2) is 0 Å². The van der Waals surface area contributed by atoms with E-state index in [1.165, 1.54) is 12.8 Å². The van der Waals surface area contributed by atoms with Crippen molar-refractivity contribution < 1.29 is 0 Å². The molecule has 0 saturated carbocycles. The first-order chi connectivity index (χ1) is 4.45. The highest BCUT2D eigenvalue weighted by atomic mass is 15.0. The van der Waals surface area contributed by atoms with E-state index < -0.39 is 0 Å². The van der Waals surface area contributed by atoms with Crippen LogP contribution in [-0.4, -0.2) is 12.1 Å². The third-order valence-electron chi connectivity index (χ3n) is 1.96. The van der Waals surface area contributed by atoms with E-state index in [2.05, 4.69) is 29.6 Å². The molecule has 0 amide bonds. The Morgan fingerprint density at radius 2 is 1.78 bits per heavy atom. The van der Waals surface area contributed by atoms with Crippen LogP contribution in [-0.2, 0) is 0 Å². The molecule has 1 N–H and O–H groups in total. The van der Waals surface area contributed by atoms with Gasteiger partial charge in [0.25, 0.3) is 0 Å². The van der Waals surface area contributed by atoms with Gasteiger partial charge >= 0.3 is 0 Å². The highest BCUT2D eigenvalue weighted by molar-refractivity contribution is 5.15. The van der Waals surface area contributed by atoms with Gasteiger partial charge in [0, 0.05) is 12.1 Å². The van der Waals surface area contributed by atoms with E-state index in [1.54, 1.807) is 0 Å². The van der Waals surface area contributed by atoms with Gasteiger partial charge in [-0.05, 0) is 12.8 Å². The third-order valence-corrected chi connectivity index (χ3v) is 1.96. The Morgan fingerprint density at radius 1 is 1.11 bits per heavy atom. The van der Waals surface area contributed by atoms with E-state index in [0.717, 1.165) is 6.04 Å². The second kappa shape index (κ2) is 1.99. The van der Waals surface area contributed by atoms with Crippen molar-refractivity contribution >= 4 is 0 Å². The molecule has 2 heterocycles. The summed E-state index contributed by atoms with van der Waals surface area (Å²) in [7, 11) is 0. The molecule has 0 unspecified atom stereocenters. The van der Waals surface area contributed by atoms with Crippen molar-refractivity contribution in [1.82, 2.24) is 5.32 Å². The van der Waals surface area contributed by atoms with Crippen LogP contribution in [0.15, 0.2) is 24.3 Å². The van der Waals surface area contributed by atoms with Crippen LogP contribution >= 0.6 is 0 Å². The minimum absolute atomic E-state index is 0.539. The molecule has 0 aromatic rings. The van der Waals surface area contributed by atoms with E-state index >= 15 is 0 Å². The molecule has 2 bridgehead atoms. The van der Waals surface area contributed by atoms with Crippen molar-refractivity contribution in [3.05, 3.63) is 24.3 Å². The van der Waals surface area contributed by atoms with Gasteiger partial charge in [-0.3, -0.25) is 0 Å². The lowest BCUT2D eigenvalue weighted by Crippen LogP contribution is -2.40. The van der Waals surface area contributed by atoms with Crippen LogP contribution < -0.4 is 5.32 Å². The van der Waals surface area contributed by atoms with Crippen LogP contribution in [0.5, 0.6) is 0 Å². The minimum atomic E-state index is 0.539. The molecule has 1 nitrogen and oxygen atoms in total. The number of hydrogen-bond acceptors (Lipinski definition) is 1. The summed E-state index contributed by atoms with van der Waals surface area (Å²) in [6.45, 7) is 0. The smallest absolute Gasteiger partial charge is 0.0437 e. The first kappa shape index (κ1) is 5.24. The SMILES string of the molecule is C1=CC2C=CCC(C1)N2. The maximum absolute atomic E-state index is 3.48. The molecular weight excluding hydrogens is 110 g/mol. The number of rotatable bonds is 0. The summed E-state index contributed by atoms with van der Waals surface area (Å²) in [6.07, 6.45) is 11.4. The Morgan fingerprint density at radius 3 is 2.22 bits per heavy atom. The van der Waals surface area contributed by atoms with Crippen LogP contribution in [0.4, 0.5) is 0 Å². The van der Waals surface area contributed by atoms with Gasteiger partial charge in [0.1, 0.15) is 0 Å². The highest BCUT2D eigenvalue weighted by Crippen LogP contribution is 2.13. The Kier molecular flexibility index (Phi) is 1.16. The molecule has 0 aromatic carbocycles. The lowest BCUT2D eigenvalue weighted by atomic mass is 9.98. The quantitative estimate of drug-likeness (QED) is 0.475. The Hall–Kier alpha value is -0.560. The largest absolute Gasteiger partial charge is 0.304 e. The zero-order valence-corrected chi connectivity index (χ0v) is 5.38. The summed E-state index contributed by atoms with van der Waals surface area (Å²) in [6, 6.07) is 1.27. The summed E-state index contributed by atoms with van der Waals surface area (Å²) in [4.78, 5) is 0. The van der Waals surface area contributed by atoms with Crippen LogP contribution in [0.2, 0.25) is 0 Å². The molecular formula is C8H11N. The minimum Gasteiger partial charge on any atom is -0.304 e. The molecule has 0 fully saturated rings. The molecule has 1 heteroatoms. The zero-order valence-electron chi connectivity index (χ0n) is 5.38. The number of fused-ring (bicyclic) bond motifs is 2. The molecule has 0 spiro atoms. The van der Waals surface area contributed by atoms with Crippen molar-refractivity contribution in [2.24, 2.45) is 0 Å². The van der Waals surface area contributed by atoms with Gasteiger partial charge in [-0.25, -0.2) is 0 Å². The Bertz CT molecular complexity index is 142. The predicted molar refractivity (Wildman–Crippen MR) is 38.2 cm³/mol. The van der Waals surface area contributed by atoms with E-state index in [-0.39, 0.29) is 0 Å². The molecule has 0 aliphatic carbocycles. The van der Waals surface area contributed by atoms with Crippen molar-refractivity contribution in [3.63, 3.8) is 0 Å². The fourth-order valence-electron chi connectivity index (χ4n) is 1.46. The highest BCUT2D eigenvalue weighted by Gasteiger charge is 2.16. The summed E-state index contributed by atoms with van der Waals surface area (Å²) in [5.74, 6) is 0. The first-order valence-electron chi connectivity index (χ1n) is 3.54. The fraction of sp³-hybridized carbons (Fsp3) is 0.500. The Labute approximate surface area is 55.5 Å². The molecule has 2 aliphatic heterocycles. The average Bonchev–Trinajstić information content (AvgIpc) is 1.88. The molecule has 0 atom stereocenters. The summed E-state index contributed by atoms with van der Waals surface area (Å²) < 4.78 is 0. The van der Waals surface area contributed by atoms with Crippen molar-refractivity contribution in [2.75, 3.05) is 0 Å². The molecule has 9 heavy (non-hydrogen) atoms. The van der Waals surface area contributed by atoms with E-state index in [9.17, 15) is 0 Å². The van der Waals surface area contributed by atoms with Crippen LogP contribution in [0.1, 0.15) is 12.8 Å². The van der Waals surface area contributed by atoms with Crippen molar-refractivity contribution in [3.8, 4) is 0 Å². The van der Waals surface area contributed by atoms with Gasteiger partial charge in [0.2, 0.25) is 0 Å². The molecule has 2 aliphatic rings. The van der Waals surface area contributed by atoms with Crippen LogP contribution in [0.25, 0.3) is 0 Å².